The van der Waals surface area contributed by atoms with Crippen LogP contribution < -0.4 is 5.43 Å². The number of hydrogen-bond donors (Lipinski definition) is 2. The first-order valence-electron chi connectivity index (χ1n) is 8.73. The second-order valence-electron chi connectivity index (χ2n) is 6.66. The van der Waals surface area contributed by atoms with Crippen molar-refractivity contribution >= 4 is 32.9 Å². The molecule has 1 aliphatic rings. The van der Waals surface area contributed by atoms with E-state index in [1.807, 2.05) is 54.6 Å². The lowest BCUT2D eigenvalue weighted by Gasteiger charge is -2.05. The molecule has 1 aliphatic heterocycles. The Kier molecular flexibility index (Phi) is 4.53. The molecule has 1 amide bonds. The minimum absolute atomic E-state index is 0.0649. The van der Waals surface area contributed by atoms with Crippen molar-refractivity contribution in [3.63, 3.8) is 0 Å². The van der Waals surface area contributed by atoms with Crippen LogP contribution in [0.2, 0.25) is 0 Å². The van der Waals surface area contributed by atoms with E-state index in [2.05, 4.69) is 15.5 Å². The zero-order valence-electron chi connectivity index (χ0n) is 14.6. The minimum atomic E-state index is -3.10. The van der Waals surface area contributed by atoms with E-state index in [0.717, 1.165) is 27.7 Å². The molecule has 1 saturated heterocycles. The summed E-state index contributed by atoms with van der Waals surface area (Å²) < 4.78 is 23.1. The number of carbonyl (C=O) groups excluding carboxylic acids is 1. The summed E-state index contributed by atoms with van der Waals surface area (Å²) in [6, 6.07) is 17.8. The van der Waals surface area contributed by atoms with Crippen LogP contribution in [-0.2, 0) is 14.6 Å². The Morgan fingerprint density at radius 1 is 1.11 bits per heavy atom. The zero-order chi connectivity index (χ0) is 18.9. The van der Waals surface area contributed by atoms with Crippen molar-refractivity contribution < 1.29 is 13.2 Å². The highest BCUT2D eigenvalue weighted by Crippen LogP contribution is 2.29. The Morgan fingerprint density at radius 3 is 2.59 bits per heavy atom. The first-order chi connectivity index (χ1) is 13.0. The van der Waals surface area contributed by atoms with E-state index >= 15 is 0 Å². The standard InChI is InChI=1S/C20H19N3O3S/c24-20(15-10-11-27(25,26)13-15)23-21-12-17-16-8-4-5-9-18(16)22-19(17)14-6-2-1-3-7-14/h1-9,12,15,22H,10-11,13H2,(H,23,24)/b21-12+/t15-/m0/s1. The number of hydrogen-bond acceptors (Lipinski definition) is 4. The quantitative estimate of drug-likeness (QED) is 0.538. The molecule has 0 bridgehead atoms. The first kappa shape index (κ1) is 17.5. The number of aromatic amines is 1. The number of hydrazone groups is 1. The number of fused-ring (bicyclic) bond motifs is 1. The van der Waals surface area contributed by atoms with Gasteiger partial charge in [0.25, 0.3) is 0 Å². The van der Waals surface area contributed by atoms with E-state index < -0.39 is 15.8 Å². The molecule has 0 spiro atoms. The maximum Gasteiger partial charge on any atom is 0.244 e. The number of benzene rings is 2. The topological polar surface area (TPSA) is 91.4 Å². The SMILES string of the molecule is O=C(N/N=C/c1c(-c2ccccc2)[nH]c2ccccc12)[C@H]1CCS(=O)(=O)C1. The van der Waals surface area contributed by atoms with E-state index in [-0.39, 0.29) is 17.4 Å². The summed E-state index contributed by atoms with van der Waals surface area (Å²) in [7, 11) is -3.10. The fourth-order valence-electron chi connectivity index (χ4n) is 3.38. The molecule has 0 unspecified atom stereocenters. The van der Waals surface area contributed by atoms with Gasteiger partial charge in [-0.05, 0) is 18.1 Å². The summed E-state index contributed by atoms with van der Waals surface area (Å²) >= 11 is 0. The molecule has 2 N–H and O–H groups in total. The number of sulfone groups is 1. The largest absolute Gasteiger partial charge is 0.354 e. The van der Waals surface area contributed by atoms with Crippen LogP contribution in [0.5, 0.6) is 0 Å². The molecule has 2 heterocycles. The van der Waals surface area contributed by atoms with Gasteiger partial charge in [-0.3, -0.25) is 4.79 Å². The van der Waals surface area contributed by atoms with Gasteiger partial charge in [-0.1, -0.05) is 48.5 Å². The number of H-pyrrole nitrogens is 1. The summed E-state index contributed by atoms with van der Waals surface area (Å²) in [6.45, 7) is 0. The van der Waals surface area contributed by atoms with Crippen molar-refractivity contribution in [2.45, 2.75) is 6.42 Å². The van der Waals surface area contributed by atoms with Crippen LogP contribution in [0.1, 0.15) is 12.0 Å². The third-order valence-electron chi connectivity index (χ3n) is 4.78. The van der Waals surface area contributed by atoms with Gasteiger partial charge >= 0.3 is 0 Å². The second kappa shape index (κ2) is 7.00. The van der Waals surface area contributed by atoms with Crippen LogP contribution in [0.15, 0.2) is 59.7 Å². The lowest BCUT2D eigenvalue weighted by Crippen LogP contribution is -2.27. The average molecular weight is 381 g/mol. The first-order valence-corrected chi connectivity index (χ1v) is 10.5. The maximum atomic E-state index is 12.2. The molecule has 3 aromatic rings. The Labute approximate surface area is 157 Å². The van der Waals surface area contributed by atoms with Crippen LogP contribution in [0.3, 0.4) is 0 Å². The third-order valence-corrected chi connectivity index (χ3v) is 6.55. The van der Waals surface area contributed by atoms with E-state index in [0.29, 0.717) is 6.42 Å². The highest BCUT2D eigenvalue weighted by molar-refractivity contribution is 7.91. The molecule has 4 rings (SSSR count). The maximum absolute atomic E-state index is 12.2. The highest BCUT2D eigenvalue weighted by Gasteiger charge is 2.32. The van der Waals surface area contributed by atoms with Crippen molar-refractivity contribution in [1.82, 2.24) is 10.4 Å². The van der Waals surface area contributed by atoms with E-state index in [1.165, 1.54) is 0 Å². The number of carbonyl (C=O) groups is 1. The number of aromatic nitrogens is 1. The van der Waals surface area contributed by atoms with E-state index in [9.17, 15) is 13.2 Å². The molecule has 6 nitrogen and oxygen atoms in total. The number of amides is 1. The van der Waals surface area contributed by atoms with Gasteiger partial charge in [0.2, 0.25) is 5.91 Å². The molecule has 1 fully saturated rings. The highest BCUT2D eigenvalue weighted by atomic mass is 32.2. The summed E-state index contributed by atoms with van der Waals surface area (Å²) in [5, 5.41) is 5.10. The molecule has 1 atom stereocenters. The molecular formula is C20H19N3O3S. The summed E-state index contributed by atoms with van der Waals surface area (Å²) in [5.41, 5.74) is 6.28. The van der Waals surface area contributed by atoms with Crippen LogP contribution in [0.4, 0.5) is 0 Å². The van der Waals surface area contributed by atoms with Crippen LogP contribution in [0.25, 0.3) is 22.2 Å². The normalized spacial score (nSPS) is 18.9. The second-order valence-corrected chi connectivity index (χ2v) is 8.89. The lowest BCUT2D eigenvalue weighted by atomic mass is 10.1. The third kappa shape index (κ3) is 3.64. The predicted octanol–water partition coefficient (Wildman–Crippen LogP) is 2.72. The molecular weight excluding hydrogens is 362 g/mol. The van der Waals surface area contributed by atoms with Crippen molar-refractivity contribution in [2.75, 3.05) is 11.5 Å². The molecule has 0 radical (unpaired) electrons. The Hall–Kier alpha value is -2.93. The van der Waals surface area contributed by atoms with Gasteiger partial charge in [0.15, 0.2) is 9.84 Å². The number of rotatable bonds is 4. The molecule has 0 saturated carbocycles. The van der Waals surface area contributed by atoms with Crippen molar-refractivity contribution in [3.8, 4) is 11.3 Å². The van der Waals surface area contributed by atoms with Crippen molar-refractivity contribution in [2.24, 2.45) is 11.0 Å². The Balaban J connectivity index is 1.61. The van der Waals surface area contributed by atoms with Gasteiger partial charge in [-0.15, -0.1) is 0 Å². The Bertz CT molecular complexity index is 1120. The van der Waals surface area contributed by atoms with Gasteiger partial charge in [0.05, 0.1) is 29.3 Å². The molecule has 27 heavy (non-hydrogen) atoms. The summed E-state index contributed by atoms with van der Waals surface area (Å²) in [6.07, 6.45) is 1.97. The van der Waals surface area contributed by atoms with Crippen molar-refractivity contribution in [1.29, 1.82) is 0 Å². The lowest BCUT2D eigenvalue weighted by molar-refractivity contribution is -0.124. The van der Waals surface area contributed by atoms with Crippen LogP contribution in [0, 0.1) is 5.92 Å². The average Bonchev–Trinajstić information content (AvgIpc) is 3.23. The van der Waals surface area contributed by atoms with Gasteiger partial charge in [0.1, 0.15) is 0 Å². The molecule has 138 valence electrons. The predicted molar refractivity (Wildman–Crippen MR) is 106 cm³/mol. The smallest absolute Gasteiger partial charge is 0.244 e. The molecule has 2 aromatic carbocycles. The molecule has 7 heteroatoms. The van der Waals surface area contributed by atoms with Gasteiger partial charge in [0, 0.05) is 16.5 Å². The van der Waals surface area contributed by atoms with Crippen LogP contribution in [-0.4, -0.2) is 37.0 Å². The summed E-state index contributed by atoms with van der Waals surface area (Å²) in [5.74, 6) is -0.913. The number of para-hydroxylation sites is 1. The zero-order valence-corrected chi connectivity index (χ0v) is 15.4. The number of nitrogens with one attached hydrogen (secondary N) is 2. The van der Waals surface area contributed by atoms with Crippen molar-refractivity contribution in [3.05, 3.63) is 60.2 Å². The van der Waals surface area contributed by atoms with Gasteiger partial charge in [-0.25, -0.2) is 13.8 Å². The fraction of sp³-hybridized carbons (Fsp3) is 0.200. The van der Waals surface area contributed by atoms with E-state index in [4.69, 9.17) is 0 Å². The van der Waals surface area contributed by atoms with Crippen LogP contribution >= 0.6 is 0 Å². The molecule has 1 aromatic heterocycles. The monoisotopic (exact) mass is 381 g/mol. The summed E-state index contributed by atoms with van der Waals surface area (Å²) in [4.78, 5) is 15.6. The van der Waals surface area contributed by atoms with E-state index in [1.54, 1.807) is 6.21 Å². The minimum Gasteiger partial charge on any atom is -0.354 e. The fourth-order valence-corrected chi connectivity index (χ4v) is 5.13. The Morgan fingerprint density at radius 2 is 1.85 bits per heavy atom. The number of nitrogens with zero attached hydrogens (tertiary/aromatic N) is 1. The molecule has 0 aliphatic carbocycles. The van der Waals surface area contributed by atoms with Gasteiger partial charge < -0.3 is 4.98 Å². The van der Waals surface area contributed by atoms with Gasteiger partial charge in [-0.2, -0.15) is 5.10 Å².